The Balaban J connectivity index is 1.57. The second-order valence-electron chi connectivity index (χ2n) is 9.72. The van der Waals surface area contributed by atoms with Crippen LogP contribution in [0.5, 0.6) is 5.88 Å². The number of hydrogen-bond acceptors (Lipinski definition) is 6. The van der Waals surface area contributed by atoms with Gasteiger partial charge in [-0.25, -0.2) is 9.97 Å². The molecule has 4 aromatic rings. The highest BCUT2D eigenvalue weighted by atomic mass is 16.5. The Hall–Kier alpha value is -3.23. The summed E-state index contributed by atoms with van der Waals surface area (Å²) in [5, 5.41) is 18.7. The van der Waals surface area contributed by atoms with Crippen LogP contribution < -0.4 is 10.1 Å². The normalized spacial score (nSPS) is 12.9. The molecule has 8 heteroatoms. The molecule has 0 aliphatic rings. The van der Waals surface area contributed by atoms with Crippen LogP contribution in [0.25, 0.3) is 16.8 Å². The first-order valence-electron chi connectivity index (χ1n) is 11.6. The lowest BCUT2D eigenvalue weighted by atomic mass is 9.85. The summed E-state index contributed by atoms with van der Waals surface area (Å²) in [6.45, 7) is 9.23. The van der Waals surface area contributed by atoms with Gasteiger partial charge in [0.1, 0.15) is 11.8 Å². The molecule has 180 valence electrons. The van der Waals surface area contributed by atoms with E-state index in [0.29, 0.717) is 18.9 Å². The Bertz CT molecular complexity index is 1280. The first-order valence-corrected chi connectivity index (χ1v) is 11.6. The monoisotopic (exact) mass is 462 g/mol. The van der Waals surface area contributed by atoms with Crippen LogP contribution in [0.2, 0.25) is 0 Å². The van der Waals surface area contributed by atoms with E-state index >= 15 is 0 Å². The van der Waals surface area contributed by atoms with E-state index in [9.17, 15) is 5.11 Å². The number of aromatic nitrogens is 5. The van der Waals surface area contributed by atoms with Crippen LogP contribution in [0.3, 0.4) is 0 Å². The van der Waals surface area contributed by atoms with Crippen molar-refractivity contribution in [3.8, 4) is 17.0 Å². The highest BCUT2D eigenvalue weighted by Gasteiger charge is 2.29. The average molecular weight is 463 g/mol. The third-order valence-electron chi connectivity index (χ3n) is 6.18. The van der Waals surface area contributed by atoms with E-state index < -0.39 is 6.10 Å². The van der Waals surface area contributed by atoms with Crippen molar-refractivity contribution in [3.05, 3.63) is 65.5 Å². The zero-order chi connectivity index (χ0) is 24.5. The van der Waals surface area contributed by atoms with Gasteiger partial charge in [-0.1, -0.05) is 20.8 Å². The quantitative estimate of drug-likeness (QED) is 0.413. The summed E-state index contributed by atoms with van der Waals surface area (Å²) >= 11 is 0. The molecule has 2 N–H and O–H groups in total. The van der Waals surface area contributed by atoms with E-state index in [2.05, 4.69) is 31.0 Å². The van der Waals surface area contributed by atoms with Gasteiger partial charge in [0.05, 0.1) is 24.2 Å². The Morgan fingerprint density at radius 1 is 1.18 bits per heavy atom. The third kappa shape index (κ3) is 4.69. The number of ether oxygens (including phenoxy) is 1. The molecule has 0 saturated carbocycles. The van der Waals surface area contributed by atoms with Gasteiger partial charge >= 0.3 is 0 Å². The average Bonchev–Trinajstić information content (AvgIpc) is 3.34. The smallest absolute Gasteiger partial charge is 0.221 e. The van der Waals surface area contributed by atoms with Crippen molar-refractivity contribution in [3.63, 3.8) is 0 Å². The lowest BCUT2D eigenvalue weighted by molar-refractivity contribution is 0.0575. The number of hydrogen-bond donors (Lipinski definition) is 2. The van der Waals surface area contributed by atoms with Crippen LogP contribution in [0.1, 0.15) is 49.5 Å². The topological polar surface area (TPSA) is 89.5 Å². The molecular formula is C26H34N6O2. The fourth-order valence-corrected chi connectivity index (χ4v) is 4.09. The number of aliphatic hydroxyl groups excluding tert-OH is 1. The number of aryl methyl sites for hydroxylation is 1. The zero-order valence-electron chi connectivity index (χ0n) is 20.8. The number of rotatable bonds is 8. The second-order valence-corrected chi connectivity index (χ2v) is 9.72. The van der Waals surface area contributed by atoms with Gasteiger partial charge in [-0.2, -0.15) is 5.10 Å². The summed E-state index contributed by atoms with van der Waals surface area (Å²) in [6, 6.07) is 7.98. The number of nitrogens with one attached hydrogen (secondary N) is 1. The summed E-state index contributed by atoms with van der Waals surface area (Å²) in [5.41, 5.74) is 6.39. The molecule has 1 atom stereocenters. The fraction of sp³-hybridized carbons (Fsp3) is 0.423. The largest absolute Gasteiger partial charge is 0.477 e. The first-order chi connectivity index (χ1) is 16.2. The maximum atomic E-state index is 10.9. The van der Waals surface area contributed by atoms with Gasteiger partial charge in [0.2, 0.25) is 5.88 Å². The number of fused-ring (bicyclic) bond motifs is 1. The lowest BCUT2D eigenvalue weighted by Crippen LogP contribution is -2.20. The van der Waals surface area contributed by atoms with Gasteiger partial charge in [0.25, 0.3) is 0 Å². The minimum atomic E-state index is -0.651. The first kappa shape index (κ1) is 23.9. The van der Waals surface area contributed by atoms with Crippen LogP contribution in [-0.4, -0.2) is 42.9 Å². The van der Waals surface area contributed by atoms with Crippen molar-refractivity contribution in [2.45, 2.75) is 46.8 Å². The maximum Gasteiger partial charge on any atom is 0.221 e. The van der Waals surface area contributed by atoms with E-state index in [0.717, 1.165) is 46.0 Å². The van der Waals surface area contributed by atoms with Crippen molar-refractivity contribution in [1.29, 1.82) is 0 Å². The maximum absolute atomic E-state index is 10.9. The van der Waals surface area contributed by atoms with Crippen LogP contribution in [0.4, 0.5) is 0 Å². The van der Waals surface area contributed by atoms with Crippen LogP contribution >= 0.6 is 0 Å². The van der Waals surface area contributed by atoms with Gasteiger partial charge in [0, 0.05) is 54.8 Å². The van der Waals surface area contributed by atoms with Crippen LogP contribution in [-0.2, 0) is 20.0 Å². The van der Waals surface area contributed by atoms with E-state index in [1.54, 1.807) is 6.20 Å². The molecule has 0 aliphatic heterocycles. The summed E-state index contributed by atoms with van der Waals surface area (Å²) in [5.74, 6) is 0.580. The molecule has 4 heterocycles. The highest BCUT2D eigenvalue weighted by Crippen LogP contribution is 2.35. The highest BCUT2D eigenvalue weighted by molar-refractivity contribution is 5.69. The van der Waals surface area contributed by atoms with Gasteiger partial charge in [-0.15, -0.1) is 0 Å². The third-order valence-corrected chi connectivity index (χ3v) is 6.18. The predicted molar refractivity (Wildman–Crippen MR) is 133 cm³/mol. The Morgan fingerprint density at radius 2 is 1.97 bits per heavy atom. The summed E-state index contributed by atoms with van der Waals surface area (Å²) in [4.78, 5) is 8.98. The molecule has 0 amide bonds. The molecule has 1 unspecified atom stereocenters. The number of aliphatic hydroxyl groups is 1. The van der Waals surface area contributed by atoms with Gasteiger partial charge in [-0.05, 0) is 43.7 Å². The molecule has 0 saturated heterocycles. The standard InChI is InChI=1S/C26H34N6O2/c1-17-20(23(30-31(17)6)24(33)26(2,3)4)11-13-34-25-21(8-7-12-28-25)18-9-10-22-29-15-19(14-27-5)32(22)16-18/h7-10,12,15-16,24,27,33H,11,13-14H2,1-6H3. The molecule has 34 heavy (non-hydrogen) atoms. The lowest BCUT2D eigenvalue weighted by Gasteiger charge is -2.25. The molecule has 4 rings (SSSR count). The molecule has 4 aromatic heterocycles. The van der Waals surface area contributed by atoms with Gasteiger partial charge in [-0.3, -0.25) is 4.68 Å². The Kier molecular flexibility index (Phi) is 6.72. The zero-order valence-corrected chi connectivity index (χ0v) is 20.8. The predicted octanol–water partition coefficient (Wildman–Crippen LogP) is 3.86. The summed E-state index contributed by atoms with van der Waals surface area (Å²) in [6.07, 6.45) is 5.68. The van der Waals surface area contributed by atoms with Gasteiger partial charge < -0.3 is 19.6 Å². The Labute approximate surface area is 200 Å². The van der Waals surface area contributed by atoms with E-state index in [1.165, 1.54) is 0 Å². The Morgan fingerprint density at radius 3 is 2.71 bits per heavy atom. The SMILES string of the molecule is CNCc1cnc2ccc(-c3cccnc3OCCc3c(C(O)C(C)(C)C)nn(C)c3C)cn12. The van der Waals surface area contributed by atoms with E-state index in [1.807, 2.05) is 76.9 Å². The molecule has 0 radical (unpaired) electrons. The van der Waals surface area contributed by atoms with Crippen molar-refractivity contribution in [1.82, 2.24) is 29.5 Å². The number of nitrogens with zero attached hydrogens (tertiary/aromatic N) is 5. The van der Waals surface area contributed by atoms with Crippen LogP contribution in [0, 0.1) is 12.3 Å². The molecular weight excluding hydrogens is 428 g/mol. The molecule has 0 aliphatic carbocycles. The summed E-state index contributed by atoms with van der Waals surface area (Å²) < 4.78 is 10.1. The van der Waals surface area contributed by atoms with Crippen molar-refractivity contribution in [2.24, 2.45) is 12.5 Å². The van der Waals surface area contributed by atoms with Gasteiger partial charge in [0.15, 0.2) is 0 Å². The van der Waals surface area contributed by atoms with Crippen molar-refractivity contribution in [2.75, 3.05) is 13.7 Å². The summed E-state index contributed by atoms with van der Waals surface area (Å²) in [7, 11) is 3.83. The van der Waals surface area contributed by atoms with Crippen molar-refractivity contribution < 1.29 is 9.84 Å². The van der Waals surface area contributed by atoms with E-state index in [4.69, 9.17) is 4.74 Å². The minimum absolute atomic E-state index is 0.303. The molecule has 8 nitrogen and oxygen atoms in total. The van der Waals surface area contributed by atoms with Crippen LogP contribution in [0.15, 0.2) is 42.9 Å². The molecule has 0 spiro atoms. The second kappa shape index (κ2) is 9.56. The number of pyridine rings is 2. The molecule has 0 aromatic carbocycles. The molecule has 0 bridgehead atoms. The van der Waals surface area contributed by atoms with Crippen molar-refractivity contribution >= 4 is 5.65 Å². The van der Waals surface area contributed by atoms with E-state index in [-0.39, 0.29) is 5.41 Å². The number of imidazole rings is 1. The fourth-order valence-electron chi connectivity index (χ4n) is 4.09. The minimum Gasteiger partial charge on any atom is -0.477 e. The molecule has 0 fully saturated rings.